The number of nitrogens with zero attached hydrogens (tertiary/aromatic N) is 2. The SMILES string of the molecule is O=C(NCC(N1CCNCC1)C(F)(F)F)c1ccncc1F. The zero-order valence-corrected chi connectivity index (χ0v) is 11.7. The minimum absolute atomic E-state index is 0.240. The molecule has 2 N–H and O–H groups in total. The van der Waals surface area contributed by atoms with Crippen LogP contribution in [0, 0.1) is 5.82 Å². The molecule has 1 unspecified atom stereocenters. The Morgan fingerprint density at radius 1 is 1.41 bits per heavy atom. The summed E-state index contributed by atoms with van der Waals surface area (Å²) in [5, 5.41) is 5.12. The van der Waals surface area contributed by atoms with Crippen molar-refractivity contribution in [3.05, 3.63) is 29.8 Å². The van der Waals surface area contributed by atoms with Gasteiger partial charge in [-0.3, -0.25) is 14.7 Å². The van der Waals surface area contributed by atoms with Crippen LogP contribution in [-0.2, 0) is 0 Å². The molecule has 1 aliphatic rings. The molecular formula is C13H16F4N4O. The second kappa shape index (κ2) is 7.01. The van der Waals surface area contributed by atoms with Gasteiger partial charge in [-0.05, 0) is 6.07 Å². The van der Waals surface area contributed by atoms with Crippen LogP contribution in [-0.4, -0.2) is 60.7 Å². The van der Waals surface area contributed by atoms with E-state index in [2.05, 4.69) is 15.6 Å². The Hall–Kier alpha value is -1.74. The van der Waals surface area contributed by atoms with Crippen LogP contribution in [0.2, 0.25) is 0 Å². The van der Waals surface area contributed by atoms with Crippen LogP contribution in [0.3, 0.4) is 0 Å². The lowest BCUT2D eigenvalue weighted by molar-refractivity contribution is -0.183. The van der Waals surface area contributed by atoms with Crippen molar-refractivity contribution >= 4 is 5.91 Å². The minimum Gasteiger partial charge on any atom is -0.350 e. The summed E-state index contributed by atoms with van der Waals surface area (Å²) in [5.41, 5.74) is -0.323. The molecule has 0 aromatic carbocycles. The maximum atomic E-state index is 13.4. The van der Waals surface area contributed by atoms with Gasteiger partial charge in [0.25, 0.3) is 5.91 Å². The fourth-order valence-electron chi connectivity index (χ4n) is 2.29. The van der Waals surface area contributed by atoms with Crippen molar-refractivity contribution in [1.29, 1.82) is 0 Å². The summed E-state index contributed by atoms with van der Waals surface area (Å²) in [6.45, 7) is 0.774. The Morgan fingerprint density at radius 2 is 2.09 bits per heavy atom. The number of hydrogen-bond donors (Lipinski definition) is 2. The van der Waals surface area contributed by atoms with Gasteiger partial charge < -0.3 is 10.6 Å². The number of hydrogen-bond acceptors (Lipinski definition) is 4. The number of halogens is 4. The van der Waals surface area contributed by atoms with E-state index in [9.17, 15) is 22.4 Å². The number of pyridine rings is 1. The van der Waals surface area contributed by atoms with Gasteiger partial charge in [-0.1, -0.05) is 0 Å². The molecule has 1 amide bonds. The average Bonchev–Trinajstić information content (AvgIpc) is 2.47. The van der Waals surface area contributed by atoms with Crippen LogP contribution < -0.4 is 10.6 Å². The first kappa shape index (κ1) is 16.6. The molecule has 0 radical (unpaired) electrons. The summed E-state index contributed by atoms with van der Waals surface area (Å²) in [6, 6.07) is -0.665. The van der Waals surface area contributed by atoms with E-state index in [0.29, 0.717) is 13.1 Å². The molecule has 1 saturated heterocycles. The molecule has 1 aromatic heterocycles. The lowest BCUT2D eigenvalue weighted by atomic mass is 10.2. The Morgan fingerprint density at radius 3 is 2.68 bits per heavy atom. The van der Waals surface area contributed by atoms with E-state index in [-0.39, 0.29) is 18.7 Å². The standard InChI is InChI=1S/C13H16F4N4O/c14-10-7-19-2-1-9(10)12(22)20-8-11(13(15,16)17)21-5-3-18-4-6-21/h1-2,7,11,18H,3-6,8H2,(H,20,22). The van der Waals surface area contributed by atoms with Crippen LogP contribution in [0.15, 0.2) is 18.5 Å². The molecule has 0 aliphatic carbocycles. The Labute approximate surface area is 124 Å². The number of aromatic nitrogens is 1. The third kappa shape index (κ3) is 4.14. The first-order chi connectivity index (χ1) is 10.4. The van der Waals surface area contributed by atoms with Crippen molar-refractivity contribution in [2.75, 3.05) is 32.7 Å². The Bertz CT molecular complexity index is 517. The fourth-order valence-corrected chi connectivity index (χ4v) is 2.29. The predicted molar refractivity (Wildman–Crippen MR) is 70.8 cm³/mol. The summed E-state index contributed by atoms with van der Waals surface area (Å²) in [6.07, 6.45) is -2.43. The van der Waals surface area contributed by atoms with Gasteiger partial charge in [0, 0.05) is 38.9 Å². The first-order valence-electron chi connectivity index (χ1n) is 6.79. The van der Waals surface area contributed by atoms with Crippen molar-refractivity contribution in [3.63, 3.8) is 0 Å². The summed E-state index contributed by atoms with van der Waals surface area (Å²) in [7, 11) is 0. The maximum Gasteiger partial charge on any atom is 0.405 e. The monoisotopic (exact) mass is 320 g/mol. The van der Waals surface area contributed by atoms with Gasteiger partial charge in [-0.25, -0.2) is 4.39 Å². The molecule has 0 bridgehead atoms. The lowest BCUT2D eigenvalue weighted by Crippen LogP contribution is -2.57. The van der Waals surface area contributed by atoms with E-state index in [1.807, 2.05) is 0 Å². The van der Waals surface area contributed by atoms with Gasteiger partial charge in [0.1, 0.15) is 6.04 Å². The number of amides is 1. The van der Waals surface area contributed by atoms with Crippen molar-refractivity contribution < 1.29 is 22.4 Å². The Kier molecular flexibility index (Phi) is 5.30. The van der Waals surface area contributed by atoms with Crippen LogP contribution in [0.4, 0.5) is 17.6 Å². The van der Waals surface area contributed by atoms with E-state index in [1.165, 1.54) is 11.1 Å². The minimum atomic E-state index is -4.47. The summed E-state index contributed by atoms with van der Waals surface area (Å²) < 4.78 is 52.8. The second-order valence-electron chi connectivity index (χ2n) is 4.91. The summed E-state index contributed by atoms with van der Waals surface area (Å²) >= 11 is 0. The molecule has 0 saturated carbocycles. The molecule has 2 rings (SSSR count). The molecule has 1 atom stereocenters. The van der Waals surface area contributed by atoms with E-state index in [0.717, 1.165) is 12.3 Å². The van der Waals surface area contributed by atoms with Crippen LogP contribution in [0.5, 0.6) is 0 Å². The van der Waals surface area contributed by atoms with Gasteiger partial charge in [0.2, 0.25) is 0 Å². The molecule has 2 heterocycles. The number of nitrogens with one attached hydrogen (secondary N) is 2. The third-order valence-electron chi connectivity index (χ3n) is 3.44. The molecule has 1 fully saturated rings. The van der Waals surface area contributed by atoms with Gasteiger partial charge in [0.15, 0.2) is 5.82 Å². The Balaban J connectivity index is 2.02. The number of piperazine rings is 1. The lowest BCUT2D eigenvalue weighted by Gasteiger charge is -2.35. The topological polar surface area (TPSA) is 57.3 Å². The molecule has 9 heteroatoms. The van der Waals surface area contributed by atoms with E-state index in [1.54, 1.807) is 0 Å². The van der Waals surface area contributed by atoms with Crippen molar-refractivity contribution in [2.24, 2.45) is 0 Å². The maximum absolute atomic E-state index is 13.4. The molecule has 22 heavy (non-hydrogen) atoms. The van der Waals surface area contributed by atoms with Crippen LogP contribution in [0.1, 0.15) is 10.4 Å². The molecule has 0 spiro atoms. The number of carbonyl (C=O) groups is 1. The van der Waals surface area contributed by atoms with Crippen molar-refractivity contribution in [1.82, 2.24) is 20.5 Å². The smallest absolute Gasteiger partial charge is 0.350 e. The highest BCUT2D eigenvalue weighted by Crippen LogP contribution is 2.24. The highest BCUT2D eigenvalue weighted by Gasteiger charge is 2.43. The van der Waals surface area contributed by atoms with Gasteiger partial charge in [-0.2, -0.15) is 13.2 Å². The second-order valence-corrected chi connectivity index (χ2v) is 4.91. The highest BCUT2D eigenvalue weighted by atomic mass is 19.4. The zero-order chi connectivity index (χ0) is 16.2. The van der Waals surface area contributed by atoms with Gasteiger partial charge >= 0.3 is 6.18 Å². The zero-order valence-electron chi connectivity index (χ0n) is 11.7. The first-order valence-corrected chi connectivity index (χ1v) is 6.79. The molecule has 1 aliphatic heterocycles. The highest BCUT2D eigenvalue weighted by molar-refractivity contribution is 5.94. The van der Waals surface area contributed by atoms with Crippen LogP contribution >= 0.6 is 0 Å². The van der Waals surface area contributed by atoms with E-state index >= 15 is 0 Å². The molecule has 1 aromatic rings. The van der Waals surface area contributed by atoms with Gasteiger partial charge in [-0.15, -0.1) is 0 Å². The normalized spacial score (nSPS) is 18.0. The average molecular weight is 320 g/mol. The number of rotatable bonds is 4. The fraction of sp³-hybridized carbons (Fsp3) is 0.538. The van der Waals surface area contributed by atoms with Crippen molar-refractivity contribution in [2.45, 2.75) is 12.2 Å². The summed E-state index contributed by atoms with van der Waals surface area (Å²) in [4.78, 5) is 16.6. The van der Waals surface area contributed by atoms with Crippen LogP contribution in [0.25, 0.3) is 0 Å². The number of alkyl halides is 3. The number of carbonyl (C=O) groups excluding carboxylic acids is 1. The summed E-state index contributed by atoms with van der Waals surface area (Å²) in [5.74, 6) is -1.75. The van der Waals surface area contributed by atoms with Gasteiger partial charge in [0.05, 0.1) is 11.8 Å². The van der Waals surface area contributed by atoms with Crippen molar-refractivity contribution in [3.8, 4) is 0 Å². The quantitative estimate of drug-likeness (QED) is 0.806. The molecule has 122 valence electrons. The van der Waals surface area contributed by atoms with E-state index < -0.39 is 30.5 Å². The molecule has 5 nitrogen and oxygen atoms in total. The predicted octanol–water partition coefficient (Wildman–Crippen LogP) is 0.787. The third-order valence-corrected chi connectivity index (χ3v) is 3.44. The molecular weight excluding hydrogens is 304 g/mol. The van der Waals surface area contributed by atoms with E-state index in [4.69, 9.17) is 0 Å². The largest absolute Gasteiger partial charge is 0.405 e.